The second-order valence-corrected chi connectivity index (χ2v) is 5.08. The van der Waals surface area contributed by atoms with Crippen LogP contribution in [0.5, 0.6) is 0 Å². The summed E-state index contributed by atoms with van der Waals surface area (Å²) in [6, 6.07) is 1.66. The molecule has 1 aromatic heterocycles. The SMILES string of the molecule is [C-]#[N+]C(C#N)(CCC(F)(F)F)Cc1csc(Cl)n1. The van der Waals surface area contributed by atoms with E-state index in [1.165, 1.54) is 5.38 Å². The first kappa shape index (κ1) is 14.7. The predicted octanol–water partition coefficient (Wildman–Crippen LogP) is 3.86. The van der Waals surface area contributed by atoms with Crippen LogP contribution in [0.2, 0.25) is 4.47 Å². The molecule has 0 aliphatic carbocycles. The Hall–Kier alpha value is -1.31. The van der Waals surface area contributed by atoms with Crippen molar-refractivity contribution in [1.82, 2.24) is 4.98 Å². The van der Waals surface area contributed by atoms with Gasteiger partial charge in [0.05, 0.1) is 18.5 Å². The number of nitrogens with zero attached hydrogens (tertiary/aromatic N) is 3. The predicted molar refractivity (Wildman–Crippen MR) is 61.1 cm³/mol. The molecule has 18 heavy (non-hydrogen) atoms. The Morgan fingerprint density at radius 2 is 2.17 bits per heavy atom. The van der Waals surface area contributed by atoms with Gasteiger partial charge in [0.2, 0.25) is 0 Å². The Bertz CT molecular complexity index is 484. The van der Waals surface area contributed by atoms with Crippen LogP contribution >= 0.6 is 22.9 Å². The molecular weight excluding hydrogens is 287 g/mol. The first-order chi connectivity index (χ1) is 8.30. The zero-order chi connectivity index (χ0) is 13.8. The van der Waals surface area contributed by atoms with Gasteiger partial charge in [0.25, 0.3) is 0 Å². The Balaban J connectivity index is 2.82. The molecule has 96 valence electrons. The third-order valence-corrected chi connectivity index (χ3v) is 3.27. The van der Waals surface area contributed by atoms with E-state index in [9.17, 15) is 13.2 Å². The van der Waals surface area contributed by atoms with Crippen molar-refractivity contribution >= 4 is 22.9 Å². The van der Waals surface area contributed by atoms with E-state index in [0.717, 1.165) is 11.3 Å². The van der Waals surface area contributed by atoms with Gasteiger partial charge in [-0.1, -0.05) is 11.6 Å². The van der Waals surface area contributed by atoms with Crippen LogP contribution in [0.15, 0.2) is 5.38 Å². The summed E-state index contributed by atoms with van der Waals surface area (Å²) in [5.74, 6) is 0. The molecule has 0 radical (unpaired) electrons. The number of thiazole rings is 1. The lowest BCUT2D eigenvalue weighted by atomic mass is 9.91. The van der Waals surface area contributed by atoms with Gasteiger partial charge in [0.15, 0.2) is 10.5 Å². The van der Waals surface area contributed by atoms with Crippen LogP contribution in [0.4, 0.5) is 13.2 Å². The molecule has 1 heterocycles. The zero-order valence-corrected chi connectivity index (χ0v) is 10.5. The van der Waals surface area contributed by atoms with E-state index in [1.807, 2.05) is 0 Å². The quantitative estimate of drug-likeness (QED) is 0.791. The number of rotatable bonds is 4. The number of alkyl halides is 3. The van der Waals surface area contributed by atoms with Crippen LogP contribution in [0, 0.1) is 17.9 Å². The lowest BCUT2D eigenvalue weighted by Crippen LogP contribution is -2.28. The van der Waals surface area contributed by atoms with Crippen LogP contribution < -0.4 is 0 Å². The average molecular weight is 294 g/mol. The van der Waals surface area contributed by atoms with E-state index in [-0.39, 0.29) is 10.9 Å². The highest BCUT2D eigenvalue weighted by molar-refractivity contribution is 7.13. The summed E-state index contributed by atoms with van der Waals surface area (Å²) in [5, 5.41) is 10.5. The van der Waals surface area contributed by atoms with Crippen molar-refractivity contribution < 1.29 is 13.2 Å². The number of nitriles is 1. The summed E-state index contributed by atoms with van der Waals surface area (Å²) in [6.07, 6.45) is -6.26. The van der Waals surface area contributed by atoms with Crippen LogP contribution in [-0.4, -0.2) is 16.7 Å². The highest BCUT2D eigenvalue weighted by Gasteiger charge is 2.42. The second-order valence-electron chi connectivity index (χ2n) is 3.64. The van der Waals surface area contributed by atoms with Crippen molar-refractivity contribution in [2.75, 3.05) is 0 Å². The lowest BCUT2D eigenvalue weighted by Gasteiger charge is -2.14. The molecule has 0 fully saturated rings. The molecule has 1 aromatic rings. The lowest BCUT2D eigenvalue weighted by molar-refractivity contribution is -0.136. The van der Waals surface area contributed by atoms with Gasteiger partial charge in [-0.15, -0.1) is 11.3 Å². The van der Waals surface area contributed by atoms with E-state index >= 15 is 0 Å². The van der Waals surface area contributed by atoms with Crippen molar-refractivity contribution in [3.05, 3.63) is 27.0 Å². The smallest absolute Gasteiger partial charge is 0.294 e. The average Bonchev–Trinajstić information content (AvgIpc) is 2.69. The molecule has 0 amide bonds. The Morgan fingerprint density at radius 3 is 2.56 bits per heavy atom. The van der Waals surface area contributed by atoms with Crippen molar-refractivity contribution in [3.8, 4) is 6.07 Å². The maximum Gasteiger partial charge on any atom is 0.389 e. The van der Waals surface area contributed by atoms with E-state index in [0.29, 0.717) is 5.69 Å². The molecular formula is C10H7ClF3N3S. The fourth-order valence-corrected chi connectivity index (χ4v) is 2.10. The van der Waals surface area contributed by atoms with Gasteiger partial charge < -0.3 is 0 Å². The maximum atomic E-state index is 12.2. The number of aromatic nitrogens is 1. The minimum atomic E-state index is -4.38. The zero-order valence-electron chi connectivity index (χ0n) is 8.96. The molecule has 1 atom stereocenters. The van der Waals surface area contributed by atoms with Crippen molar-refractivity contribution in [2.24, 2.45) is 0 Å². The molecule has 0 spiro atoms. The number of hydrogen-bond acceptors (Lipinski definition) is 3. The van der Waals surface area contributed by atoms with Gasteiger partial charge in [-0.3, -0.25) is 4.85 Å². The fourth-order valence-electron chi connectivity index (χ4n) is 1.32. The molecule has 0 aromatic carbocycles. The minimum Gasteiger partial charge on any atom is -0.294 e. The van der Waals surface area contributed by atoms with Gasteiger partial charge in [0, 0.05) is 11.8 Å². The Kier molecular flexibility index (Phi) is 4.55. The molecule has 1 rings (SSSR count). The number of halogens is 4. The topological polar surface area (TPSA) is 41.0 Å². The highest BCUT2D eigenvalue weighted by atomic mass is 35.5. The second kappa shape index (κ2) is 5.55. The van der Waals surface area contributed by atoms with E-state index in [1.54, 1.807) is 6.07 Å². The maximum absolute atomic E-state index is 12.2. The molecule has 0 saturated carbocycles. The Morgan fingerprint density at radius 1 is 1.50 bits per heavy atom. The molecule has 0 aliphatic rings. The van der Waals surface area contributed by atoms with Gasteiger partial charge in [-0.2, -0.15) is 18.4 Å². The monoisotopic (exact) mass is 293 g/mol. The summed E-state index contributed by atoms with van der Waals surface area (Å²) < 4.78 is 36.7. The molecule has 0 saturated heterocycles. The number of hydrogen-bond donors (Lipinski definition) is 0. The molecule has 1 unspecified atom stereocenters. The van der Waals surface area contributed by atoms with E-state index in [2.05, 4.69) is 9.83 Å². The van der Waals surface area contributed by atoms with Crippen LogP contribution in [0.1, 0.15) is 18.5 Å². The molecule has 8 heteroatoms. The standard InChI is InChI=1S/C10H7ClF3N3S/c1-16-9(6-15,2-3-10(12,13)14)4-7-5-18-8(11)17-7/h5H,2-4H2. The fraction of sp³-hybridized carbons (Fsp3) is 0.500. The minimum absolute atomic E-state index is 0.147. The van der Waals surface area contributed by atoms with Crippen LogP contribution in [-0.2, 0) is 6.42 Å². The third-order valence-electron chi connectivity index (χ3n) is 2.24. The summed E-state index contributed by atoms with van der Waals surface area (Å²) >= 11 is 6.70. The van der Waals surface area contributed by atoms with Gasteiger partial charge in [-0.25, -0.2) is 11.6 Å². The van der Waals surface area contributed by atoms with E-state index in [4.69, 9.17) is 23.4 Å². The first-order valence-electron chi connectivity index (χ1n) is 4.77. The van der Waals surface area contributed by atoms with Crippen molar-refractivity contribution in [2.45, 2.75) is 31.0 Å². The van der Waals surface area contributed by atoms with E-state index < -0.39 is 24.6 Å². The van der Waals surface area contributed by atoms with Gasteiger partial charge in [-0.05, 0) is 0 Å². The summed E-state index contributed by atoms with van der Waals surface area (Å²) in [4.78, 5) is 6.90. The molecule has 3 nitrogen and oxygen atoms in total. The third kappa shape index (κ3) is 4.17. The summed E-state index contributed by atoms with van der Waals surface area (Å²) in [6.45, 7) is 6.95. The molecule has 0 bridgehead atoms. The summed E-state index contributed by atoms with van der Waals surface area (Å²) in [5.41, 5.74) is -1.36. The van der Waals surface area contributed by atoms with Gasteiger partial charge >= 0.3 is 11.7 Å². The van der Waals surface area contributed by atoms with Crippen molar-refractivity contribution in [1.29, 1.82) is 5.26 Å². The largest absolute Gasteiger partial charge is 0.389 e. The van der Waals surface area contributed by atoms with Gasteiger partial charge in [0.1, 0.15) is 0 Å². The highest BCUT2D eigenvalue weighted by Crippen LogP contribution is 2.31. The first-order valence-corrected chi connectivity index (χ1v) is 6.02. The normalized spacial score (nSPS) is 14.6. The van der Waals surface area contributed by atoms with Crippen molar-refractivity contribution in [3.63, 3.8) is 0 Å². The van der Waals surface area contributed by atoms with Crippen LogP contribution in [0.25, 0.3) is 4.85 Å². The molecule has 0 aliphatic heterocycles. The Labute approximate surface area is 111 Å². The molecule has 0 N–H and O–H groups in total. The summed E-state index contributed by atoms with van der Waals surface area (Å²) in [7, 11) is 0. The van der Waals surface area contributed by atoms with Crippen LogP contribution in [0.3, 0.4) is 0 Å².